The standard InChI is InChI=1S/C14H15N5/c1-7-3-4-8(2)12-9(7)5-10-13(16)17-11(6-15)18-14(10)19-12/h3-5H,6,15H2,1-2H3,(H2,16,17,18,19). The summed E-state index contributed by atoms with van der Waals surface area (Å²) in [6, 6.07) is 6.15. The van der Waals surface area contributed by atoms with Crippen LogP contribution in [0.3, 0.4) is 0 Å². The van der Waals surface area contributed by atoms with Gasteiger partial charge in [-0.2, -0.15) is 0 Å². The molecule has 0 aliphatic carbocycles. The monoisotopic (exact) mass is 253 g/mol. The second-order valence-electron chi connectivity index (χ2n) is 4.68. The van der Waals surface area contributed by atoms with Crippen LogP contribution in [0.4, 0.5) is 5.82 Å². The van der Waals surface area contributed by atoms with Gasteiger partial charge in [-0.3, -0.25) is 0 Å². The number of aryl methyl sites for hydroxylation is 2. The third-order valence-corrected chi connectivity index (χ3v) is 3.33. The zero-order valence-corrected chi connectivity index (χ0v) is 10.9. The maximum absolute atomic E-state index is 5.97. The van der Waals surface area contributed by atoms with Crippen molar-refractivity contribution in [1.29, 1.82) is 0 Å². The van der Waals surface area contributed by atoms with Gasteiger partial charge in [0.2, 0.25) is 0 Å². The van der Waals surface area contributed by atoms with E-state index in [9.17, 15) is 0 Å². The fourth-order valence-electron chi connectivity index (χ4n) is 2.24. The Hall–Kier alpha value is -2.27. The molecule has 0 atom stereocenters. The predicted octanol–water partition coefficient (Wildman–Crippen LogP) is 1.84. The Bertz CT molecular complexity index is 795. The van der Waals surface area contributed by atoms with E-state index in [4.69, 9.17) is 11.5 Å². The van der Waals surface area contributed by atoms with Crippen LogP contribution in [0.5, 0.6) is 0 Å². The number of pyridine rings is 1. The summed E-state index contributed by atoms with van der Waals surface area (Å²) in [5.74, 6) is 0.947. The minimum atomic E-state index is 0.257. The first-order chi connectivity index (χ1) is 9.10. The third-order valence-electron chi connectivity index (χ3n) is 3.33. The van der Waals surface area contributed by atoms with Gasteiger partial charge in [0.05, 0.1) is 17.4 Å². The molecule has 0 radical (unpaired) electrons. The largest absolute Gasteiger partial charge is 0.383 e. The molecule has 0 bridgehead atoms. The van der Waals surface area contributed by atoms with E-state index < -0.39 is 0 Å². The third kappa shape index (κ3) is 1.79. The molecule has 3 aromatic rings. The fraction of sp³-hybridized carbons (Fsp3) is 0.214. The van der Waals surface area contributed by atoms with Crippen molar-refractivity contribution in [2.24, 2.45) is 5.73 Å². The molecule has 0 fully saturated rings. The summed E-state index contributed by atoms with van der Waals surface area (Å²) >= 11 is 0. The molecular weight excluding hydrogens is 238 g/mol. The van der Waals surface area contributed by atoms with Crippen LogP contribution in [0.1, 0.15) is 17.0 Å². The van der Waals surface area contributed by atoms with Crippen molar-refractivity contribution in [2.45, 2.75) is 20.4 Å². The van der Waals surface area contributed by atoms with Crippen LogP contribution >= 0.6 is 0 Å². The minimum Gasteiger partial charge on any atom is -0.383 e. The average Bonchev–Trinajstić information content (AvgIpc) is 2.41. The van der Waals surface area contributed by atoms with Gasteiger partial charge >= 0.3 is 0 Å². The maximum Gasteiger partial charge on any atom is 0.165 e. The van der Waals surface area contributed by atoms with Crippen molar-refractivity contribution >= 4 is 27.8 Å². The highest BCUT2D eigenvalue weighted by molar-refractivity contribution is 5.98. The van der Waals surface area contributed by atoms with Crippen LogP contribution in [0.15, 0.2) is 18.2 Å². The van der Waals surface area contributed by atoms with Crippen LogP contribution in [-0.4, -0.2) is 15.0 Å². The molecule has 3 rings (SSSR count). The molecular formula is C14H15N5. The summed E-state index contributed by atoms with van der Waals surface area (Å²) in [5, 5.41) is 1.86. The summed E-state index contributed by atoms with van der Waals surface area (Å²) in [4.78, 5) is 13.1. The van der Waals surface area contributed by atoms with Crippen LogP contribution in [0, 0.1) is 13.8 Å². The molecule has 5 heteroatoms. The minimum absolute atomic E-state index is 0.257. The van der Waals surface area contributed by atoms with E-state index >= 15 is 0 Å². The van der Waals surface area contributed by atoms with Gasteiger partial charge in [0.15, 0.2) is 5.65 Å². The summed E-state index contributed by atoms with van der Waals surface area (Å²) in [7, 11) is 0. The number of anilines is 1. The number of rotatable bonds is 1. The zero-order valence-electron chi connectivity index (χ0n) is 10.9. The highest BCUT2D eigenvalue weighted by Crippen LogP contribution is 2.26. The number of aromatic nitrogens is 3. The Labute approximate surface area is 110 Å². The summed E-state index contributed by atoms with van der Waals surface area (Å²) < 4.78 is 0. The number of nitrogens with zero attached hydrogens (tertiary/aromatic N) is 3. The number of hydrogen-bond acceptors (Lipinski definition) is 5. The lowest BCUT2D eigenvalue weighted by Crippen LogP contribution is -2.07. The molecule has 0 saturated heterocycles. The Morgan fingerprint density at radius 3 is 2.47 bits per heavy atom. The quantitative estimate of drug-likeness (QED) is 0.646. The summed E-state index contributed by atoms with van der Waals surface area (Å²) in [6.45, 7) is 4.35. The summed E-state index contributed by atoms with van der Waals surface area (Å²) in [5.41, 5.74) is 15.4. The van der Waals surface area contributed by atoms with Gasteiger partial charge in [-0.05, 0) is 31.0 Å². The van der Waals surface area contributed by atoms with E-state index in [0.29, 0.717) is 17.3 Å². The molecule has 2 aromatic heterocycles. The van der Waals surface area contributed by atoms with Crippen molar-refractivity contribution in [3.63, 3.8) is 0 Å². The number of benzene rings is 1. The van der Waals surface area contributed by atoms with Crippen molar-refractivity contribution in [1.82, 2.24) is 15.0 Å². The van der Waals surface area contributed by atoms with Crippen LogP contribution in [-0.2, 0) is 6.54 Å². The molecule has 0 amide bonds. The van der Waals surface area contributed by atoms with Crippen molar-refractivity contribution in [2.75, 3.05) is 5.73 Å². The highest BCUT2D eigenvalue weighted by atomic mass is 15.0. The number of fused-ring (bicyclic) bond motifs is 2. The zero-order chi connectivity index (χ0) is 13.6. The molecule has 1 aromatic carbocycles. The van der Waals surface area contributed by atoms with Gasteiger partial charge in [0.1, 0.15) is 11.6 Å². The number of nitrogens with two attached hydrogens (primary N) is 2. The van der Waals surface area contributed by atoms with Gasteiger partial charge in [0.25, 0.3) is 0 Å². The lowest BCUT2D eigenvalue weighted by Gasteiger charge is -2.08. The highest BCUT2D eigenvalue weighted by Gasteiger charge is 2.10. The average molecular weight is 253 g/mol. The van der Waals surface area contributed by atoms with Gasteiger partial charge in [0, 0.05) is 5.39 Å². The van der Waals surface area contributed by atoms with Gasteiger partial charge < -0.3 is 11.5 Å². The van der Waals surface area contributed by atoms with E-state index in [0.717, 1.165) is 27.4 Å². The van der Waals surface area contributed by atoms with Gasteiger partial charge in [-0.1, -0.05) is 12.1 Å². The van der Waals surface area contributed by atoms with Crippen LogP contribution in [0.25, 0.3) is 21.9 Å². The van der Waals surface area contributed by atoms with Crippen LogP contribution < -0.4 is 11.5 Å². The second-order valence-corrected chi connectivity index (χ2v) is 4.68. The van der Waals surface area contributed by atoms with E-state index in [1.54, 1.807) is 0 Å². The normalized spacial score (nSPS) is 11.3. The second kappa shape index (κ2) is 4.13. The fourth-order valence-corrected chi connectivity index (χ4v) is 2.24. The molecule has 0 unspecified atom stereocenters. The molecule has 0 aliphatic rings. The Morgan fingerprint density at radius 1 is 1.00 bits per heavy atom. The SMILES string of the molecule is Cc1ccc(C)c2nc3nc(CN)nc(N)c3cc12. The molecule has 4 N–H and O–H groups in total. The number of hydrogen-bond donors (Lipinski definition) is 2. The maximum atomic E-state index is 5.97. The first-order valence-electron chi connectivity index (χ1n) is 6.13. The predicted molar refractivity (Wildman–Crippen MR) is 76.6 cm³/mol. The van der Waals surface area contributed by atoms with Crippen LogP contribution in [0.2, 0.25) is 0 Å². The van der Waals surface area contributed by atoms with Gasteiger partial charge in [-0.15, -0.1) is 0 Å². The van der Waals surface area contributed by atoms with Crippen molar-refractivity contribution in [3.8, 4) is 0 Å². The van der Waals surface area contributed by atoms with Gasteiger partial charge in [-0.25, -0.2) is 15.0 Å². The summed E-state index contributed by atoms with van der Waals surface area (Å²) in [6.07, 6.45) is 0. The molecule has 96 valence electrons. The molecule has 0 saturated carbocycles. The molecule has 19 heavy (non-hydrogen) atoms. The first kappa shape index (κ1) is 11.8. The lowest BCUT2D eigenvalue weighted by atomic mass is 10.0. The Kier molecular flexibility index (Phi) is 2.57. The van der Waals surface area contributed by atoms with E-state index in [1.165, 1.54) is 0 Å². The first-order valence-corrected chi connectivity index (χ1v) is 6.13. The van der Waals surface area contributed by atoms with Crippen molar-refractivity contribution < 1.29 is 0 Å². The lowest BCUT2D eigenvalue weighted by molar-refractivity contribution is 0.926. The molecule has 0 spiro atoms. The molecule has 0 aliphatic heterocycles. The van der Waals surface area contributed by atoms with E-state index in [2.05, 4.69) is 34.0 Å². The Balaban J connectivity index is 2.48. The van der Waals surface area contributed by atoms with E-state index in [1.807, 2.05) is 13.0 Å². The Morgan fingerprint density at radius 2 is 1.74 bits per heavy atom. The van der Waals surface area contributed by atoms with E-state index in [-0.39, 0.29) is 6.54 Å². The smallest absolute Gasteiger partial charge is 0.165 e. The molecule has 5 nitrogen and oxygen atoms in total. The van der Waals surface area contributed by atoms with Crippen molar-refractivity contribution in [3.05, 3.63) is 35.2 Å². The molecule has 2 heterocycles. The topological polar surface area (TPSA) is 90.7 Å². The number of nitrogen functional groups attached to an aromatic ring is 1.